The van der Waals surface area contributed by atoms with Gasteiger partial charge < -0.3 is 15.0 Å². The number of hydrogen-bond donors (Lipinski definition) is 1. The number of nitrogens with zero attached hydrogens (tertiary/aromatic N) is 4. The number of aromatic nitrogens is 3. The molecule has 0 spiro atoms. The van der Waals surface area contributed by atoms with E-state index in [0.717, 1.165) is 57.5 Å². The van der Waals surface area contributed by atoms with E-state index in [9.17, 15) is 18.0 Å². The molecule has 1 saturated carbocycles. The number of anilines is 1. The number of benzene rings is 1. The first-order valence-corrected chi connectivity index (χ1v) is 11.0. The monoisotopic (exact) mass is 451 g/mol. The molecule has 0 bridgehead atoms. The summed E-state index contributed by atoms with van der Waals surface area (Å²) in [5, 5.41) is 11.7. The maximum atomic E-state index is 13.3. The molecule has 1 aromatic carbocycles. The average Bonchev–Trinajstić information content (AvgIpc) is 3.60. The van der Waals surface area contributed by atoms with Gasteiger partial charge in [-0.25, -0.2) is 0 Å². The lowest BCUT2D eigenvalue weighted by molar-refractivity contribution is -0.137. The predicted molar refractivity (Wildman–Crippen MR) is 115 cm³/mol. The molecule has 174 valence electrons. The van der Waals surface area contributed by atoms with Gasteiger partial charge in [-0.2, -0.15) is 13.2 Å². The van der Waals surface area contributed by atoms with Gasteiger partial charge in [0.15, 0.2) is 5.82 Å². The van der Waals surface area contributed by atoms with Crippen LogP contribution in [0.15, 0.2) is 23.0 Å². The van der Waals surface area contributed by atoms with Gasteiger partial charge >= 0.3 is 6.18 Å². The number of hydrogen-bond acceptors (Lipinski definition) is 6. The van der Waals surface area contributed by atoms with E-state index in [1.807, 2.05) is 0 Å². The Balaban J connectivity index is 1.70. The Kier molecular flexibility index (Phi) is 6.41. The van der Waals surface area contributed by atoms with Crippen molar-refractivity contribution < 1.29 is 17.9 Å². The van der Waals surface area contributed by atoms with Crippen molar-refractivity contribution in [2.45, 2.75) is 51.4 Å². The Labute approximate surface area is 184 Å². The first kappa shape index (κ1) is 22.6. The molecular formula is C22H28F3N5O2. The summed E-state index contributed by atoms with van der Waals surface area (Å²) in [6, 6.07) is 3.30. The highest BCUT2D eigenvalue weighted by Gasteiger charge is 2.32. The fourth-order valence-corrected chi connectivity index (χ4v) is 4.14. The van der Waals surface area contributed by atoms with Crippen molar-refractivity contribution in [1.29, 1.82) is 0 Å². The zero-order valence-electron chi connectivity index (χ0n) is 18.3. The largest absolute Gasteiger partial charge is 0.496 e. The Bertz CT molecular complexity index is 1020. The normalized spacial score (nSPS) is 19.7. The van der Waals surface area contributed by atoms with Gasteiger partial charge in [-0.1, -0.05) is 6.92 Å². The molecule has 1 aliphatic heterocycles. The van der Waals surface area contributed by atoms with Crippen molar-refractivity contribution in [2.75, 3.05) is 32.1 Å². The molecule has 1 atom stereocenters. The molecule has 7 nitrogen and oxygen atoms in total. The topological polar surface area (TPSA) is 72.3 Å². The molecule has 1 aromatic heterocycles. The summed E-state index contributed by atoms with van der Waals surface area (Å²) in [6.45, 7) is 5.38. The molecule has 0 radical (unpaired) electrons. The van der Waals surface area contributed by atoms with Crippen molar-refractivity contribution in [1.82, 2.24) is 19.7 Å². The fraction of sp³-hybridized carbons (Fsp3) is 0.591. The highest BCUT2D eigenvalue weighted by atomic mass is 19.4. The minimum atomic E-state index is -4.49. The summed E-state index contributed by atoms with van der Waals surface area (Å²) >= 11 is 0. The Morgan fingerprint density at radius 3 is 2.66 bits per heavy atom. The van der Waals surface area contributed by atoms with Crippen LogP contribution in [0.5, 0.6) is 5.75 Å². The second-order valence-electron chi connectivity index (χ2n) is 8.52. The molecule has 0 amide bonds. The summed E-state index contributed by atoms with van der Waals surface area (Å²) in [6.07, 6.45) is -0.500. The number of methoxy groups -OCH3 is 1. The Morgan fingerprint density at radius 2 is 2.00 bits per heavy atom. The van der Waals surface area contributed by atoms with Gasteiger partial charge in [-0.3, -0.25) is 9.36 Å². The second kappa shape index (κ2) is 9.09. The van der Waals surface area contributed by atoms with Gasteiger partial charge in [0.05, 0.1) is 18.2 Å². The van der Waals surface area contributed by atoms with Crippen LogP contribution in [0.25, 0.3) is 11.4 Å². The molecule has 2 fully saturated rings. The Morgan fingerprint density at radius 1 is 1.22 bits per heavy atom. The number of alkyl halides is 3. The van der Waals surface area contributed by atoms with Crippen molar-refractivity contribution in [3.8, 4) is 17.1 Å². The van der Waals surface area contributed by atoms with Crippen LogP contribution in [-0.4, -0.2) is 52.5 Å². The molecule has 1 saturated heterocycles. The van der Waals surface area contributed by atoms with E-state index in [2.05, 4.69) is 27.3 Å². The number of rotatable bonds is 7. The molecule has 10 heteroatoms. The van der Waals surface area contributed by atoms with E-state index in [1.54, 1.807) is 0 Å². The van der Waals surface area contributed by atoms with Crippen LogP contribution < -0.4 is 15.6 Å². The summed E-state index contributed by atoms with van der Waals surface area (Å²) in [5.41, 5.74) is -0.817. The van der Waals surface area contributed by atoms with E-state index in [-0.39, 0.29) is 29.0 Å². The first-order chi connectivity index (χ1) is 15.3. The van der Waals surface area contributed by atoms with Crippen LogP contribution in [0.2, 0.25) is 0 Å². The van der Waals surface area contributed by atoms with Gasteiger partial charge in [0.1, 0.15) is 5.75 Å². The van der Waals surface area contributed by atoms with Gasteiger partial charge in [0.25, 0.3) is 5.56 Å². The maximum Gasteiger partial charge on any atom is 0.416 e. The van der Waals surface area contributed by atoms with E-state index in [1.165, 1.54) is 17.7 Å². The third-order valence-corrected chi connectivity index (χ3v) is 6.15. The SMILES string of the molecule is CCN1CCCC(Nc2nnc(-c3ccc(C(F)(F)F)cc3OC)n(CC3CC3)c2=O)C1. The lowest BCUT2D eigenvalue weighted by atomic mass is 10.1. The van der Waals surface area contributed by atoms with E-state index in [0.29, 0.717) is 18.0 Å². The number of piperidine rings is 1. The highest BCUT2D eigenvalue weighted by molar-refractivity contribution is 5.65. The number of likely N-dealkylation sites (tertiary alicyclic amines) is 1. The van der Waals surface area contributed by atoms with Crippen molar-refractivity contribution in [3.05, 3.63) is 34.1 Å². The summed E-state index contributed by atoms with van der Waals surface area (Å²) in [5.74, 6) is 0.763. The smallest absolute Gasteiger partial charge is 0.416 e. The first-order valence-electron chi connectivity index (χ1n) is 11.0. The third kappa shape index (κ3) is 4.90. The van der Waals surface area contributed by atoms with Crippen LogP contribution in [0.3, 0.4) is 0 Å². The molecule has 1 unspecified atom stereocenters. The molecule has 1 aliphatic carbocycles. The van der Waals surface area contributed by atoms with Crippen LogP contribution in [-0.2, 0) is 12.7 Å². The van der Waals surface area contributed by atoms with E-state index < -0.39 is 11.7 Å². The van der Waals surface area contributed by atoms with Crippen LogP contribution in [0.1, 0.15) is 38.2 Å². The van der Waals surface area contributed by atoms with E-state index in [4.69, 9.17) is 4.74 Å². The summed E-state index contributed by atoms with van der Waals surface area (Å²) < 4.78 is 46.2. The highest BCUT2D eigenvalue weighted by Crippen LogP contribution is 2.37. The second-order valence-corrected chi connectivity index (χ2v) is 8.52. The van der Waals surface area contributed by atoms with Gasteiger partial charge in [0.2, 0.25) is 5.82 Å². The number of nitrogens with one attached hydrogen (secondary N) is 1. The quantitative estimate of drug-likeness (QED) is 0.693. The standard InChI is InChI=1S/C22H28F3N5O2/c1-3-29-10-4-5-16(13-29)26-19-21(31)30(12-14-6-7-14)20(28-27-19)17-9-8-15(22(23,24)25)11-18(17)32-2/h8-9,11,14,16H,3-7,10,12-13H2,1-2H3,(H,26,27). The van der Waals surface area contributed by atoms with Crippen LogP contribution in [0, 0.1) is 5.92 Å². The summed E-state index contributed by atoms with van der Waals surface area (Å²) in [4.78, 5) is 15.7. The molecule has 2 aromatic rings. The maximum absolute atomic E-state index is 13.3. The number of halogens is 3. The minimum absolute atomic E-state index is 0.00430. The third-order valence-electron chi connectivity index (χ3n) is 6.15. The van der Waals surface area contributed by atoms with Gasteiger partial charge in [-0.05, 0) is 62.9 Å². The molecule has 1 N–H and O–H groups in total. The molecule has 32 heavy (non-hydrogen) atoms. The lowest BCUT2D eigenvalue weighted by Crippen LogP contribution is -2.43. The lowest BCUT2D eigenvalue weighted by Gasteiger charge is -2.32. The van der Waals surface area contributed by atoms with E-state index >= 15 is 0 Å². The van der Waals surface area contributed by atoms with Crippen molar-refractivity contribution >= 4 is 5.82 Å². The molecule has 2 aliphatic rings. The minimum Gasteiger partial charge on any atom is -0.496 e. The van der Waals surface area contributed by atoms with Gasteiger partial charge in [-0.15, -0.1) is 10.2 Å². The molecule has 2 heterocycles. The number of likely N-dealkylation sites (N-methyl/N-ethyl adjacent to an activating group) is 1. The average molecular weight is 451 g/mol. The summed E-state index contributed by atoms with van der Waals surface area (Å²) in [7, 11) is 1.30. The fourth-order valence-electron chi connectivity index (χ4n) is 4.14. The van der Waals surface area contributed by atoms with Gasteiger partial charge in [0, 0.05) is 19.1 Å². The van der Waals surface area contributed by atoms with Crippen LogP contribution in [0.4, 0.5) is 19.0 Å². The zero-order valence-corrected chi connectivity index (χ0v) is 18.3. The number of ether oxygens (including phenoxy) is 1. The molecular weight excluding hydrogens is 423 g/mol. The van der Waals surface area contributed by atoms with Crippen molar-refractivity contribution in [2.24, 2.45) is 5.92 Å². The van der Waals surface area contributed by atoms with Crippen molar-refractivity contribution in [3.63, 3.8) is 0 Å². The Hall–Kier alpha value is -2.62. The predicted octanol–water partition coefficient (Wildman–Crippen LogP) is 3.64. The van der Waals surface area contributed by atoms with Crippen LogP contribution >= 0.6 is 0 Å². The molecule has 4 rings (SSSR count). The zero-order chi connectivity index (χ0) is 22.9.